The minimum atomic E-state index is -4.43. The van der Waals surface area contributed by atoms with Crippen LogP contribution in [0, 0.1) is 0 Å². The highest BCUT2D eigenvalue weighted by atomic mass is 35.5. The van der Waals surface area contributed by atoms with Crippen LogP contribution < -0.4 is 0 Å². The number of rotatable bonds is 5. The highest BCUT2D eigenvalue weighted by molar-refractivity contribution is 6.30. The van der Waals surface area contributed by atoms with Gasteiger partial charge in [-0.2, -0.15) is 13.2 Å². The molecule has 0 N–H and O–H groups in total. The van der Waals surface area contributed by atoms with Gasteiger partial charge in [-0.05, 0) is 24.6 Å². The number of carbonyl (C=O) groups excluding carboxylic acids is 1. The molecule has 0 heterocycles. The van der Waals surface area contributed by atoms with Gasteiger partial charge in [0, 0.05) is 12.1 Å². The van der Waals surface area contributed by atoms with Crippen molar-refractivity contribution in [1.82, 2.24) is 4.90 Å². The molecule has 1 aromatic rings. The first-order chi connectivity index (χ1) is 9.20. The van der Waals surface area contributed by atoms with Crippen LogP contribution in [0.25, 0.3) is 0 Å². The lowest BCUT2D eigenvalue weighted by Crippen LogP contribution is -2.33. The van der Waals surface area contributed by atoms with E-state index in [-0.39, 0.29) is 6.04 Å². The molecule has 0 aliphatic heterocycles. The molecule has 0 aliphatic rings. The van der Waals surface area contributed by atoms with Gasteiger partial charge in [-0.15, -0.1) is 0 Å². The summed E-state index contributed by atoms with van der Waals surface area (Å²) in [6, 6.07) is 6.60. The van der Waals surface area contributed by atoms with E-state index in [0.717, 1.165) is 5.56 Å². The number of alkyl halides is 3. The number of ether oxygens (including phenoxy) is 1. The zero-order valence-electron chi connectivity index (χ0n) is 11.1. The summed E-state index contributed by atoms with van der Waals surface area (Å²) in [4.78, 5) is 13.1. The Kier molecular flexibility index (Phi) is 5.83. The van der Waals surface area contributed by atoms with Crippen molar-refractivity contribution in [2.75, 3.05) is 20.3 Å². The molecule has 1 amide bonds. The summed E-state index contributed by atoms with van der Waals surface area (Å²) in [6.45, 7) is -0.263. The fraction of sp³-hybridized carbons (Fsp3) is 0.462. The van der Waals surface area contributed by atoms with Crippen molar-refractivity contribution in [3.05, 3.63) is 34.9 Å². The van der Waals surface area contributed by atoms with Gasteiger partial charge in [0.25, 0.3) is 0 Å². The third-order valence-corrected chi connectivity index (χ3v) is 3.07. The molecule has 0 bridgehead atoms. The van der Waals surface area contributed by atoms with Crippen molar-refractivity contribution >= 4 is 17.5 Å². The maximum atomic E-state index is 11.9. The lowest BCUT2D eigenvalue weighted by molar-refractivity contribution is -0.178. The standard InChI is InChI=1S/C13H15ClF3NO2/c1-9(10-3-5-11(14)6-4-10)18(2)12(19)7-20-8-13(15,16)17/h3-6,9H,7-8H2,1-2H3. The zero-order valence-corrected chi connectivity index (χ0v) is 11.8. The SMILES string of the molecule is CC(c1ccc(Cl)cc1)N(C)C(=O)COCC(F)(F)F. The van der Waals surface area contributed by atoms with Crippen LogP contribution in [0.1, 0.15) is 18.5 Å². The van der Waals surface area contributed by atoms with E-state index in [2.05, 4.69) is 4.74 Å². The number of amides is 1. The summed E-state index contributed by atoms with van der Waals surface area (Å²) in [7, 11) is 1.51. The Bertz CT molecular complexity index is 448. The molecule has 1 atom stereocenters. The van der Waals surface area contributed by atoms with E-state index in [0.29, 0.717) is 5.02 Å². The summed E-state index contributed by atoms with van der Waals surface area (Å²) >= 11 is 5.76. The smallest absolute Gasteiger partial charge is 0.362 e. The summed E-state index contributed by atoms with van der Waals surface area (Å²) in [5.74, 6) is -0.517. The molecular weight excluding hydrogens is 295 g/mol. The Hall–Kier alpha value is -1.27. The van der Waals surface area contributed by atoms with Gasteiger partial charge >= 0.3 is 6.18 Å². The van der Waals surface area contributed by atoms with Crippen LogP contribution in [-0.2, 0) is 9.53 Å². The summed E-state index contributed by atoms with van der Waals surface area (Å²) in [5, 5.41) is 0.573. The van der Waals surface area contributed by atoms with Gasteiger partial charge in [0.2, 0.25) is 5.91 Å². The van der Waals surface area contributed by atoms with Crippen LogP contribution in [0.3, 0.4) is 0 Å². The van der Waals surface area contributed by atoms with E-state index < -0.39 is 25.3 Å². The Morgan fingerprint density at radius 3 is 2.40 bits per heavy atom. The van der Waals surface area contributed by atoms with Crippen LogP contribution in [0.5, 0.6) is 0 Å². The van der Waals surface area contributed by atoms with Crippen LogP contribution in [-0.4, -0.2) is 37.2 Å². The number of hydrogen-bond donors (Lipinski definition) is 0. The highest BCUT2D eigenvalue weighted by Gasteiger charge is 2.28. The van der Waals surface area contributed by atoms with E-state index >= 15 is 0 Å². The molecule has 0 saturated heterocycles. The molecule has 0 fully saturated rings. The van der Waals surface area contributed by atoms with E-state index in [1.807, 2.05) is 0 Å². The number of benzene rings is 1. The number of halogens is 4. The molecule has 3 nitrogen and oxygen atoms in total. The number of hydrogen-bond acceptors (Lipinski definition) is 2. The first-order valence-corrected chi connectivity index (χ1v) is 6.24. The van der Waals surface area contributed by atoms with Crippen molar-refractivity contribution in [2.24, 2.45) is 0 Å². The number of carbonyl (C=O) groups is 1. The van der Waals surface area contributed by atoms with Crippen LogP contribution in [0.4, 0.5) is 13.2 Å². The fourth-order valence-corrected chi connectivity index (χ4v) is 1.66. The number of nitrogens with zero attached hydrogens (tertiary/aromatic N) is 1. The Morgan fingerprint density at radius 2 is 1.90 bits per heavy atom. The maximum Gasteiger partial charge on any atom is 0.411 e. The minimum Gasteiger partial charge on any atom is -0.362 e. The lowest BCUT2D eigenvalue weighted by Gasteiger charge is -2.25. The largest absolute Gasteiger partial charge is 0.411 e. The second-order valence-corrected chi connectivity index (χ2v) is 4.78. The van der Waals surface area contributed by atoms with Gasteiger partial charge in [-0.25, -0.2) is 0 Å². The van der Waals surface area contributed by atoms with Crippen molar-refractivity contribution in [3.8, 4) is 0 Å². The van der Waals surface area contributed by atoms with Gasteiger partial charge in [0.1, 0.15) is 13.2 Å². The lowest BCUT2D eigenvalue weighted by atomic mass is 10.1. The molecule has 0 saturated carbocycles. The molecule has 20 heavy (non-hydrogen) atoms. The van der Waals surface area contributed by atoms with E-state index in [1.54, 1.807) is 31.2 Å². The van der Waals surface area contributed by atoms with Gasteiger partial charge in [-0.3, -0.25) is 4.79 Å². The minimum absolute atomic E-state index is 0.283. The van der Waals surface area contributed by atoms with Crippen LogP contribution >= 0.6 is 11.6 Å². The van der Waals surface area contributed by atoms with Gasteiger partial charge in [0.15, 0.2) is 0 Å². The molecule has 7 heteroatoms. The predicted molar refractivity (Wildman–Crippen MR) is 69.5 cm³/mol. The Morgan fingerprint density at radius 1 is 1.35 bits per heavy atom. The average Bonchev–Trinajstić information content (AvgIpc) is 2.36. The average molecular weight is 310 g/mol. The van der Waals surface area contributed by atoms with Crippen molar-refractivity contribution in [1.29, 1.82) is 0 Å². The first kappa shape index (κ1) is 16.8. The molecule has 112 valence electrons. The first-order valence-electron chi connectivity index (χ1n) is 5.86. The fourth-order valence-electron chi connectivity index (χ4n) is 1.54. The Balaban J connectivity index is 2.53. The third kappa shape index (κ3) is 5.38. The molecule has 0 aliphatic carbocycles. The summed E-state index contributed by atoms with van der Waals surface area (Å²) in [5.41, 5.74) is 0.834. The molecule has 0 aromatic heterocycles. The zero-order chi connectivity index (χ0) is 15.3. The maximum absolute atomic E-state index is 11.9. The van der Waals surface area contributed by atoms with E-state index in [1.165, 1.54) is 11.9 Å². The third-order valence-electron chi connectivity index (χ3n) is 2.82. The second-order valence-electron chi connectivity index (χ2n) is 4.34. The molecular formula is C13H15ClF3NO2. The van der Waals surface area contributed by atoms with Crippen molar-refractivity contribution < 1.29 is 22.7 Å². The van der Waals surface area contributed by atoms with Gasteiger partial charge < -0.3 is 9.64 Å². The normalized spacial score (nSPS) is 13.1. The quantitative estimate of drug-likeness (QED) is 0.834. The molecule has 1 rings (SSSR count). The van der Waals surface area contributed by atoms with Gasteiger partial charge in [-0.1, -0.05) is 23.7 Å². The van der Waals surface area contributed by atoms with Gasteiger partial charge in [0.05, 0.1) is 6.04 Å². The van der Waals surface area contributed by atoms with Crippen molar-refractivity contribution in [2.45, 2.75) is 19.1 Å². The Labute approximate surface area is 120 Å². The molecule has 1 aromatic carbocycles. The van der Waals surface area contributed by atoms with Crippen molar-refractivity contribution in [3.63, 3.8) is 0 Å². The van der Waals surface area contributed by atoms with Crippen LogP contribution in [0.2, 0.25) is 5.02 Å². The molecule has 0 spiro atoms. The molecule has 1 unspecified atom stereocenters. The van der Waals surface area contributed by atoms with E-state index in [9.17, 15) is 18.0 Å². The highest BCUT2D eigenvalue weighted by Crippen LogP contribution is 2.21. The summed E-state index contributed by atoms with van der Waals surface area (Å²) in [6.07, 6.45) is -4.43. The number of likely N-dealkylation sites (N-methyl/N-ethyl adjacent to an activating group) is 1. The predicted octanol–water partition coefficient (Wildman–Crippen LogP) is 3.44. The summed E-state index contributed by atoms with van der Waals surface area (Å²) < 4.78 is 40.1. The monoisotopic (exact) mass is 309 g/mol. The molecule has 0 radical (unpaired) electrons. The second kappa shape index (κ2) is 6.95. The van der Waals surface area contributed by atoms with Crippen LogP contribution in [0.15, 0.2) is 24.3 Å². The topological polar surface area (TPSA) is 29.5 Å². The van der Waals surface area contributed by atoms with E-state index in [4.69, 9.17) is 11.6 Å².